The Morgan fingerprint density at radius 3 is 2.50 bits per heavy atom. The highest BCUT2D eigenvalue weighted by Crippen LogP contribution is 2.33. The summed E-state index contributed by atoms with van der Waals surface area (Å²) < 4.78 is 31.5. The highest BCUT2D eigenvalue weighted by atomic mass is 19.3. The lowest BCUT2D eigenvalue weighted by Gasteiger charge is -2.24. The van der Waals surface area contributed by atoms with E-state index >= 15 is 0 Å². The molecule has 0 saturated carbocycles. The molecule has 1 aliphatic heterocycles. The zero-order chi connectivity index (χ0) is 12.6. The molecule has 1 atom stereocenters. The number of alkyl halides is 2. The minimum absolute atomic E-state index is 0.168. The van der Waals surface area contributed by atoms with E-state index in [9.17, 15) is 13.6 Å². The van der Waals surface area contributed by atoms with Crippen molar-refractivity contribution >= 4 is 6.09 Å². The summed E-state index contributed by atoms with van der Waals surface area (Å²) in [5.74, 6) is -4.23. The Labute approximate surface area is 93.2 Å². The second kappa shape index (κ2) is 4.16. The van der Waals surface area contributed by atoms with Crippen LogP contribution >= 0.6 is 0 Å². The standard InChI is InChI=1S/C10H17F2NO3/c1-9(2,3)16-8(15)13-4-7(5-14)10(11,12)6-13/h7,14H,4-6H2,1-3H3/t7-/m1/s1. The van der Waals surface area contributed by atoms with E-state index in [0.29, 0.717) is 0 Å². The first-order chi connectivity index (χ1) is 7.15. The van der Waals surface area contributed by atoms with Crippen LogP contribution in [0.25, 0.3) is 0 Å². The van der Waals surface area contributed by atoms with Gasteiger partial charge in [0.05, 0.1) is 19.1 Å². The van der Waals surface area contributed by atoms with Crippen LogP contribution < -0.4 is 0 Å². The molecule has 0 unspecified atom stereocenters. The second-order valence-corrected chi connectivity index (χ2v) is 5.00. The lowest BCUT2D eigenvalue weighted by Crippen LogP contribution is -2.36. The van der Waals surface area contributed by atoms with Crippen LogP contribution in [0.5, 0.6) is 0 Å². The highest BCUT2D eigenvalue weighted by Gasteiger charge is 2.49. The van der Waals surface area contributed by atoms with Gasteiger partial charge in [-0.1, -0.05) is 0 Å². The number of ether oxygens (including phenoxy) is 1. The maximum atomic E-state index is 13.2. The fourth-order valence-electron chi connectivity index (χ4n) is 1.50. The van der Waals surface area contributed by atoms with E-state index in [0.717, 1.165) is 4.90 Å². The minimum atomic E-state index is -3.04. The summed E-state index contributed by atoms with van der Waals surface area (Å²) in [4.78, 5) is 12.4. The number of hydrogen-bond donors (Lipinski definition) is 1. The average molecular weight is 237 g/mol. The van der Waals surface area contributed by atoms with Crippen molar-refractivity contribution in [3.05, 3.63) is 0 Å². The van der Waals surface area contributed by atoms with Crippen molar-refractivity contribution in [2.45, 2.75) is 32.3 Å². The SMILES string of the molecule is CC(C)(C)OC(=O)N1C[C@H](CO)C(F)(F)C1. The molecule has 1 rings (SSSR count). The van der Waals surface area contributed by atoms with Crippen LogP contribution in [0.4, 0.5) is 13.6 Å². The van der Waals surface area contributed by atoms with Gasteiger partial charge >= 0.3 is 6.09 Å². The van der Waals surface area contributed by atoms with Crippen molar-refractivity contribution in [3.63, 3.8) is 0 Å². The van der Waals surface area contributed by atoms with E-state index in [-0.39, 0.29) is 6.54 Å². The second-order valence-electron chi connectivity index (χ2n) is 5.00. The van der Waals surface area contributed by atoms with Crippen molar-refractivity contribution in [1.82, 2.24) is 4.90 Å². The number of likely N-dealkylation sites (tertiary alicyclic amines) is 1. The molecule has 0 aromatic heterocycles. The Morgan fingerprint density at radius 1 is 1.56 bits per heavy atom. The maximum absolute atomic E-state index is 13.2. The van der Waals surface area contributed by atoms with Gasteiger partial charge < -0.3 is 14.7 Å². The van der Waals surface area contributed by atoms with Crippen molar-refractivity contribution in [3.8, 4) is 0 Å². The van der Waals surface area contributed by atoms with E-state index < -0.39 is 36.7 Å². The number of carbonyl (C=O) groups excluding carboxylic acids is 1. The van der Waals surface area contributed by atoms with Crippen molar-refractivity contribution < 1.29 is 23.4 Å². The number of aliphatic hydroxyl groups is 1. The number of aliphatic hydroxyl groups excluding tert-OH is 1. The fraction of sp³-hybridized carbons (Fsp3) is 0.900. The fourth-order valence-corrected chi connectivity index (χ4v) is 1.50. The molecule has 0 bridgehead atoms. The summed E-state index contributed by atoms with van der Waals surface area (Å²) in [5, 5.41) is 8.77. The Balaban J connectivity index is 2.62. The van der Waals surface area contributed by atoms with Crippen LogP contribution in [0.2, 0.25) is 0 Å². The summed E-state index contributed by atoms with van der Waals surface area (Å²) in [6, 6.07) is 0. The molecular weight excluding hydrogens is 220 g/mol. The molecule has 0 aromatic rings. The number of carbonyl (C=O) groups is 1. The molecule has 1 fully saturated rings. The third kappa shape index (κ3) is 3.04. The molecule has 6 heteroatoms. The number of hydrogen-bond acceptors (Lipinski definition) is 3. The normalized spacial score (nSPS) is 24.6. The third-order valence-corrected chi connectivity index (χ3v) is 2.31. The summed E-state index contributed by atoms with van der Waals surface area (Å²) in [5.41, 5.74) is -0.705. The van der Waals surface area contributed by atoms with Gasteiger partial charge in [0.15, 0.2) is 0 Å². The minimum Gasteiger partial charge on any atom is -0.444 e. The van der Waals surface area contributed by atoms with E-state index in [4.69, 9.17) is 9.84 Å². The van der Waals surface area contributed by atoms with Gasteiger partial charge in [-0.25, -0.2) is 13.6 Å². The monoisotopic (exact) mass is 237 g/mol. The molecule has 0 radical (unpaired) electrons. The molecule has 0 spiro atoms. The first-order valence-electron chi connectivity index (χ1n) is 5.12. The van der Waals surface area contributed by atoms with Crippen LogP contribution in [0.3, 0.4) is 0 Å². The van der Waals surface area contributed by atoms with Crippen molar-refractivity contribution in [2.24, 2.45) is 5.92 Å². The molecule has 0 aromatic carbocycles. The predicted octanol–water partition coefficient (Wildman–Crippen LogP) is 1.48. The zero-order valence-electron chi connectivity index (χ0n) is 9.67. The van der Waals surface area contributed by atoms with Gasteiger partial charge in [-0.3, -0.25) is 0 Å². The predicted molar refractivity (Wildman–Crippen MR) is 53.3 cm³/mol. The molecule has 1 amide bonds. The summed E-state index contributed by atoms with van der Waals surface area (Å²) in [6.07, 6.45) is -0.761. The molecule has 1 heterocycles. The van der Waals surface area contributed by atoms with Crippen LogP contribution in [-0.2, 0) is 4.74 Å². The molecule has 0 aliphatic carbocycles. The number of nitrogens with zero attached hydrogens (tertiary/aromatic N) is 1. The van der Waals surface area contributed by atoms with Crippen molar-refractivity contribution in [1.29, 1.82) is 0 Å². The van der Waals surface area contributed by atoms with E-state index in [1.165, 1.54) is 0 Å². The highest BCUT2D eigenvalue weighted by molar-refractivity contribution is 5.68. The van der Waals surface area contributed by atoms with Gasteiger partial charge in [0.25, 0.3) is 5.92 Å². The number of amides is 1. The number of halogens is 2. The Bertz CT molecular complexity index is 276. The zero-order valence-corrected chi connectivity index (χ0v) is 9.67. The first kappa shape index (κ1) is 13.2. The molecule has 4 nitrogen and oxygen atoms in total. The molecule has 16 heavy (non-hydrogen) atoms. The van der Waals surface area contributed by atoms with Gasteiger partial charge in [0.1, 0.15) is 5.60 Å². The average Bonchev–Trinajstić information content (AvgIpc) is 2.37. The molecule has 1 saturated heterocycles. The van der Waals surface area contributed by atoms with Gasteiger partial charge in [-0.2, -0.15) is 0 Å². The van der Waals surface area contributed by atoms with Crippen LogP contribution in [0.15, 0.2) is 0 Å². The van der Waals surface area contributed by atoms with E-state index in [1.807, 2.05) is 0 Å². The number of rotatable bonds is 1. The van der Waals surface area contributed by atoms with Gasteiger partial charge in [0.2, 0.25) is 0 Å². The van der Waals surface area contributed by atoms with Gasteiger partial charge in [0, 0.05) is 6.54 Å². The topological polar surface area (TPSA) is 49.8 Å². The Kier molecular flexibility index (Phi) is 3.42. The quantitative estimate of drug-likeness (QED) is 0.751. The maximum Gasteiger partial charge on any atom is 0.410 e. The third-order valence-electron chi connectivity index (χ3n) is 2.31. The lowest BCUT2D eigenvalue weighted by atomic mass is 10.1. The Morgan fingerprint density at radius 2 is 2.12 bits per heavy atom. The van der Waals surface area contributed by atoms with Crippen LogP contribution in [0.1, 0.15) is 20.8 Å². The smallest absolute Gasteiger partial charge is 0.410 e. The summed E-state index contributed by atoms with van der Waals surface area (Å²) in [6.45, 7) is 3.52. The molecular formula is C10H17F2NO3. The largest absolute Gasteiger partial charge is 0.444 e. The first-order valence-corrected chi connectivity index (χ1v) is 5.12. The lowest BCUT2D eigenvalue weighted by molar-refractivity contribution is -0.0445. The van der Waals surface area contributed by atoms with Gasteiger partial charge in [-0.05, 0) is 20.8 Å². The van der Waals surface area contributed by atoms with Crippen LogP contribution in [0, 0.1) is 5.92 Å². The van der Waals surface area contributed by atoms with Crippen LogP contribution in [-0.4, -0.2) is 47.3 Å². The van der Waals surface area contributed by atoms with Crippen molar-refractivity contribution in [2.75, 3.05) is 19.7 Å². The summed E-state index contributed by atoms with van der Waals surface area (Å²) in [7, 11) is 0. The molecule has 1 aliphatic rings. The van der Waals surface area contributed by atoms with Gasteiger partial charge in [-0.15, -0.1) is 0 Å². The molecule has 94 valence electrons. The molecule has 1 N–H and O–H groups in total. The van der Waals surface area contributed by atoms with E-state index in [2.05, 4.69) is 0 Å². The summed E-state index contributed by atoms with van der Waals surface area (Å²) >= 11 is 0. The van der Waals surface area contributed by atoms with E-state index in [1.54, 1.807) is 20.8 Å². The Hall–Kier alpha value is -0.910.